The lowest BCUT2D eigenvalue weighted by Crippen LogP contribution is -2.52. The van der Waals surface area contributed by atoms with E-state index in [1.54, 1.807) is 0 Å². The fourth-order valence-corrected chi connectivity index (χ4v) is 4.11. The predicted octanol–water partition coefficient (Wildman–Crippen LogP) is 2.38. The quantitative estimate of drug-likeness (QED) is 0.851. The number of likely N-dealkylation sites (tertiary alicyclic amines) is 1. The molecule has 0 aliphatic carbocycles. The Balaban J connectivity index is 1.51. The summed E-state index contributed by atoms with van der Waals surface area (Å²) >= 11 is 0. The van der Waals surface area contributed by atoms with Gasteiger partial charge in [0.25, 0.3) is 5.91 Å². The van der Waals surface area contributed by atoms with Crippen LogP contribution in [0.1, 0.15) is 41.6 Å². The molecule has 0 N–H and O–H groups in total. The minimum Gasteiger partial charge on any atom is -0.466 e. The van der Waals surface area contributed by atoms with Crippen molar-refractivity contribution in [2.75, 3.05) is 46.3 Å². The number of carbonyl (C=O) groups excluding carboxylic acids is 1. The van der Waals surface area contributed by atoms with Crippen LogP contribution >= 0.6 is 0 Å². The van der Waals surface area contributed by atoms with Crippen LogP contribution in [0.4, 0.5) is 0 Å². The molecule has 3 rings (SSSR count). The first-order valence-electron chi connectivity index (χ1n) is 9.23. The molecule has 1 atom stereocenters. The molecular weight excluding hydrogens is 302 g/mol. The molecule has 1 amide bonds. The fraction of sp³-hybridized carbons (Fsp3) is 0.737. The maximum atomic E-state index is 12.7. The van der Waals surface area contributed by atoms with Crippen LogP contribution in [0.15, 0.2) is 10.5 Å². The van der Waals surface area contributed by atoms with Crippen molar-refractivity contribution in [1.29, 1.82) is 0 Å². The van der Waals surface area contributed by atoms with Crippen LogP contribution in [0, 0.1) is 19.8 Å². The highest BCUT2D eigenvalue weighted by Gasteiger charge is 2.29. The van der Waals surface area contributed by atoms with E-state index in [-0.39, 0.29) is 5.91 Å². The van der Waals surface area contributed by atoms with Crippen LogP contribution in [-0.4, -0.2) is 73.0 Å². The summed E-state index contributed by atoms with van der Waals surface area (Å²) < 4.78 is 5.51. The summed E-state index contributed by atoms with van der Waals surface area (Å²) in [6.45, 7) is 12.5. The van der Waals surface area contributed by atoms with Crippen molar-refractivity contribution in [3.05, 3.63) is 23.2 Å². The van der Waals surface area contributed by atoms with E-state index >= 15 is 0 Å². The number of piperidine rings is 1. The van der Waals surface area contributed by atoms with E-state index in [9.17, 15) is 4.79 Å². The maximum Gasteiger partial charge on any atom is 0.257 e. The summed E-state index contributed by atoms with van der Waals surface area (Å²) in [5.74, 6) is 2.41. The average Bonchev–Trinajstić information content (AvgIpc) is 2.88. The number of nitrogens with zero attached hydrogens (tertiary/aromatic N) is 3. The largest absolute Gasteiger partial charge is 0.466 e. The van der Waals surface area contributed by atoms with Crippen molar-refractivity contribution in [2.45, 2.75) is 39.7 Å². The van der Waals surface area contributed by atoms with Crippen LogP contribution in [0.2, 0.25) is 0 Å². The standard InChI is InChI=1S/C19H31N3O2/c1-14-12-20(4)9-10-22(14)13-17-5-7-21(8-6-17)19(23)18-11-15(2)24-16(18)3/h11,14,17H,5-10,12-13H2,1-4H3/t14-/m0/s1. The normalized spacial score (nSPS) is 24.5. The van der Waals surface area contributed by atoms with Crippen molar-refractivity contribution in [1.82, 2.24) is 14.7 Å². The van der Waals surface area contributed by atoms with Crippen LogP contribution < -0.4 is 0 Å². The van der Waals surface area contributed by atoms with Gasteiger partial charge in [0.05, 0.1) is 5.56 Å². The molecule has 2 aliphatic heterocycles. The molecule has 0 saturated carbocycles. The lowest BCUT2D eigenvalue weighted by atomic mass is 9.94. The third kappa shape index (κ3) is 3.83. The van der Waals surface area contributed by atoms with Gasteiger partial charge in [-0.05, 0) is 52.6 Å². The number of likely N-dealkylation sites (N-methyl/N-ethyl adjacent to an activating group) is 1. The van der Waals surface area contributed by atoms with Crippen LogP contribution in [0.25, 0.3) is 0 Å². The van der Waals surface area contributed by atoms with Gasteiger partial charge in [0, 0.05) is 45.3 Å². The van der Waals surface area contributed by atoms with Gasteiger partial charge in [0.2, 0.25) is 0 Å². The molecule has 0 unspecified atom stereocenters. The number of hydrogen-bond donors (Lipinski definition) is 0. The minimum absolute atomic E-state index is 0.135. The smallest absolute Gasteiger partial charge is 0.257 e. The first-order valence-corrected chi connectivity index (χ1v) is 9.23. The highest BCUT2D eigenvalue weighted by molar-refractivity contribution is 5.95. The molecule has 5 nitrogen and oxygen atoms in total. The Hall–Kier alpha value is -1.33. The zero-order valence-electron chi connectivity index (χ0n) is 15.5. The first kappa shape index (κ1) is 17.5. The highest BCUT2D eigenvalue weighted by Crippen LogP contribution is 2.23. The molecule has 1 aromatic heterocycles. The minimum atomic E-state index is 0.135. The Labute approximate surface area is 145 Å². The van der Waals surface area contributed by atoms with E-state index in [0.717, 1.165) is 49.6 Å². The van der Waals surface area contributed by atoms with E-state index in [0.29, 0.717) is 12.0 Å². The Kier molecular flexibility index (Phi) is 5.30. The number of rotatable bonds is 3. The lowest BCUT2D eigenvalue weighted by molar-refractivity contribution is 0.0555. The molecule has 2 saturated heterocycles. The molecule has 1 aromatic rings. The Morgan fingerprint density at radius 3 is 2.50 bits per heavy atom. The van der Waals surface area contributed by atoms with Gasteiger partial charge in [0.15, 0.2) is 0 Å². The summed E-state index contributed by atoms with van der Waals surface area (Å²) in [5, 5.41) is 0. The van der Waals surface area contributed by atoms with Gasteiger partial charge < -0.3 is 14.2 Å². The zero-order valence-corrected chi connectivity index (χ0v) is 15.5. The number of carbonyl (C=O) groups is 1. The third-order valence-corrected chi connectivity index (χ3v) is 5.63. The fourth-order valence-electron chi connectivity index (χ4n) is 4.11. The molecule has 2 fully saturated rings. The van der Waals surface area contributed by atoms with Gasteiger partial charge in [-0.3, -0.25) is 9.69 Å². The van der Waals surface area contributed by atoms with Crippen LogP contribution in [-0.2, 0) is 0 Å². The van der Waals surface area contributed by atoms with E-state index in [1.807, 2.05) is 24.8 Å². The molecular formula is C19H31N3O2. The van der Waals surface area contributed by atoms with E-state index < -0.39 is 0 Å². The van der Waals surface area contributed by atoms with Crippen molar-refractivity contribution < 1.29 is 9.21 Å². The molecule has 0 spiro atoms. The molecule has 134 valence electrons. The molecule has 24 heavy (non-hydrogen) atoms. The topological polar surface area (TPSA) is 39.9 Å². The van der Waals surface area contributed by atoms with Crippen LogP contribution in [0.3, 0.4) is 0 Å². The van der Waals surface area contributed by atoms with Crippen LogP contribution in [0.5, 0.6) is 0 Å². The molecule has 2 aliphatic rings. The molecule has 0 bridgehead atoms. The lowest BCUT2D eigenvalue weighted by Gasteiger charge is -2.41. The third-order valence-electron chi connectivity index (χ3n) is 5.63. The predicted molar refractivity (Wildman–Crippen MR) is 95.3 cm³/mol. The first-order chi connectivity index (χ1) is 11.4. The maximum absolute atomic E-state index is 12.7. The van der Waals surface area contributed by atoms with E-state index in [1.165, 1.54) is 19.6 Å². The summed E-state index contributed by atoms with van der Waals surface area (Å²) in [7, 11) is 2.21. The molecule has 0 aromatic carbocycles. The molecule has 0 radical (unpaired) electrons. The second-order valence-corrected chi connectivity index (χ2v) is 7.67. The number of piperazine rings is 1. The number of furan rings is 1. The van der Waals surface area contributed by atoms with Gasteiger partial charge in [-0.1, -0.05) is 0 Å². The second-order valence-electron chi connectivity index (χ2n) is 7.67. The van der Waals surface area contributed by atoms with Gasteiger partial charge in [-0.25, -0.2) is 0 Å². The van der Waals surface area contributed by atoms with E-state index in [2.05, 4.69) is 23.8 Å². The van der Waals surface area contributed by atoms with Gasteiger partial charge in [-0.2, -0.15) is 0 Å². The van der Waals surface area contributed by atoms with Crippen molar-refractivity contribution >= 4 is 5.91 Å². The van der Waals surface area contributed by atoms with E-state index in [4.69, 9.17) is 4.42 Å². The Morgan fingerprint density at radius 1 is 1.21 bits per heavy atom. The average molecular weight is 333 g/mol. The van der Waals surface area contributed by atoms with Crippen molar-refractivity contribution in [3.8, 4) is 0 Å². The summed E-state index contributed by atoms with van der Waals surface area (Å²) in [5.41, 5.74) is 0.735. The second kappa shape index (κ2) is 7.28. The van der Waals surface area contributed by atoms with Gasteiger partial charge >= 0.3 is 0 Å². The molecule has 5 heteroatoms. The van der Waals surface area contributed by atoms with Crippen molar-refractivity contribution in [3.63, 3.8) is 0 Å². The highest BCUT2D eigenvalue weighted by atomic mass is 16.3. The zero-order chi connectivity index (χ0) is 17.3. The number of aryl methyl sites for hydroxylation is 2. The SMILES string of the molecule is Cc1cc(C(=O)N2CCC(CN3CCN(C)C[C@@H]3C)CC2)c(C)o1. The van der Waals surface area contributed by atoms with Gasteiger partial charge in [-0.15, -0.1) is 0 Å². The van der Waals surface area contributed by atoms with Crippen molar-refractivity contribution in [2.24, 2.45) is 5.92 Å². The van der Waals surface area contributed by atoms with Gasteiger partial charge in [0.1, 0.15) is 11.5 Å². The number of hydrogen-bond acceptors (Lipinski definition) is 4. The summed E-state index contributed by atoms with van der Waals surface area (Å²) in [6, 6.07) is 2.51. The Morgan fingerprint density at radius 2 is 1.92 bits per heavy atom. The summed E-state index contributed by atoms with van der Waals surface area (Å²) in [4.78, 5) is 19.7. The Bertz CT molecular complexity index is 575. The number of amides is 1. The monoisotopic (exact) mass is 333 g/mol. The molecule has 3 heterocycles. The summed E-state index contributed by atoms with van der Waals surface area (Å²) in [6.07, 6.45) is 2.22.